The molecule has 0 aliphatic carbocycles. The minimum absolute atomic E-state index is 0.00222. The summed E-state index contributed by atoms with van der Waals surface area (Å²) in [7, 11) is 0. The van der Waals surface area contributed by atoms with Gasteiger partial charge in [0, 0.05) is 73.6 Å². The van der Waals surface area contributed by atoms with Crippen molar-refractivity contribution < 1.29 is 60.0 Å². The van der Waals surface area contributed by atoms with Crippen LogP contribution in [0, 0.1) is 12.7 Å². The summed E-state index contributed by atoms with van der Waals surface area (Å²) in [5.74, 6) is -4.75. The molecule has 366 valence electrons. The largest absolute Gasteiger partial charge is 0.487 e. The monoisotopic (exact) mass is 1000 g/mol. The molecular weight excluding hydrogens is 954 g/mol. The molecule has 6 aromatic rings. The number of aromatic nitrogens is 4. The Morgan fingerprint density at radius 3 is 2.49 bits per heavy atom. The number of carboxylic acid groups (broad SMARTS) is 1. The maximum absolute atomic E-state index is 14.3. The first-order valence-electron chi connectivity index (χ1n) is 21.9. The number of fused-ring (bicyclic) bond motifs is 1. The second-order valence-electron chi connectivity index (χ2n) is 16.2. The molecule has 3 aromatic carbocycles. The molecule has 4 heterocycles. The highest BCUT2D eigenvalue weighted by Gasteiger charge is 2.34. The number of aliphatic carboxylic acids is 1. The molecule has 0 saturated carbocycles. The number of likely N-dealkylation sites (tertiary alicyclic amines) is 1. The van der Waals surface area contributed by atoms with Gasteiger partial charge in [-0.05, 0) is 71.5 Å². The number of hydrogen-bond donors (Lipinski definition) is 2. The average Bonchev–Trinajstić information content (AvgIpc) is 3.69. The number of esters is 1. The Bertz CT molecular complexity index is 2750. The van der Waals surface area contributed by atoms with Crippen LogP contribution in [0.15, 0.2) is 73.2 Å². The molecule has 1 aliphatic heterocycles. The quantitative estimate of drug-likeness (QED) is 0.0399. The number of carbonyl (C=O) groups excluding carboxylic acids is 1. The van der Waals surface area contributed by atoms with Crippen LogP contribution >= 0.6 is 22.9 Å². The van der Waals surface area contributed by atoms with Gasteiger partial charge in [-0.25, -0.2) is 32.9 Å². The van der Waals surface area contributed by atoms with Gasteiger partial charge in [-0.2, -0.15) is 18.2 Å². The third kappa shape index (κ3) is 13.6. The fourth-order valence-electron chi connectivity index (χ4n) is 7.67. The lowest BCUT2D eigenvalue weighted by atomic mass is 9.94. The lowest BCUT2D eigenvalue weighted by molar-refractivity contribution is -0.151. The van der Waals surface area contributed by atoms with Gasteiger partial charge < -0.3 is 34.3 Å². The van der Waals surface area contributed by atoms with Crippen LogP contribution in [-0.4, -0.2) is 99.5 Å². The predicted octanol–water partition coefficient (Wildman–Crippen LogP) is 9.83. The van der Waals surface area contributed by atoms with Crippen molar-refractivity contribution in [1.29, 1.82) is 0 Å². The number of ether oxygens (including phenoxy) is 4. The van der Waals surface area contributed by atoms with E-state index < -0.39 is 49.0 Å². The smallest absolute Gasteiger partial charge is 0.392 e. The molecule has 0 spiro atoms. The number of halogens is 7. The Hall–Kier alpha value is -6.09. The second-order valence-corrected chi connectivity index (χ2v) is 17.5. The Labute approximate surface area is 401 Å². The van der Waals surface area contributed by atoms with Gasteiger partial charge >= 0.3 is 24.1 Å². The van der Waals surface area contributed by atoms with Crippen molar-refractivity contribution in [2.24, 2.45) is 0 Å². The van der Waals surface area contributed by atoms with E-state index in [0.717, 1.165) is 5.56 Å². The first-order valence-corrected chi connectivity index (χ1v) is 23.1. The van der Waals surface area contributed by atoms with Gasteiger partial charge in [0.25, 0.3) is 5.92 Å². The average molecular weight is 1000 g/mol. The van der Waals surface area contributed by atoms with E-state index in [9.17, 15) is 41.0 Å². The lowest BCUT2D eigenvalue weighted by Crippen LogP contribution is -2.42. The maximum atomic E-state index is 14.3. The summed E-state index contributed by atoms with van der Waals surface area (Å²) in [4.78, 5) is 45.9. The van der Waals surface area contributed by atoms with Crippen molar-refractivity contribution in [2.45, 2.75) is 77.3 Å². The van der Waals surface area contributed by atoms with Gasteiger partial charge in [0.15, 0.2) is 0 Å². The number of rotatable bonds is 21. The van der Waals surface area contributed by atoms with Crippen LogP contribution in [0.4, 0.5) is 26.3 Å². The van der Waals surface area contributed by atoms with E-state index >= 15 is 0 Å². The summed E-state index contributed by atoms with van der Waals surface area (Å²) in [5, 5.41) is 13.9. The zero-order valence-corrected chi connectivity index (χ0v) is 39.0. The number of nitrogens with zero attached hydrogens (tertiary/aromatic N) is 5. The van der Waals surface area contributed by atoms with Gasteiger partial charge in [-0.15, -0.1) is 11.3 Å². The van der Waals surface area contributed by atoms with E-state index in [1.165, 1.54) is 54.2 Å². The Kier molecular flexibility index (Phi) is 16.6. The van der Waals surface area contributed by atoms with Gasteiger partial charge in [-0.3, -0.25) is 4.79 Å². The number of piperidine rings is 1. The molecule has 0 radical (unpaired) electrons. The van der Waals surface area contributed by atoms with Crippen molar-refractivity contribution in [3.63, 3.8) is 0 Å². The summed E-state index contributed by atoms with van der Waals surface area (Å²) >= 11 is 8.39. The number of thiophene rings is 1. The number of nitrogens with one attached hydrogen (secondary N) is 1. The number of carbonyl (C=O) groups is 2. The molecule has 1 unspecified atom stereocenters. The normalized spacial score (nSPS) is 14.4. The molecule has 1 aliphatic rings. The molecular formula is C48H47ClF6N6O7S. The van der Waals surface area contributed by atoms with Crippen molar-refractivity contribution >= 4 is 45.1 Å². The van der Waals surface area contributed by atoms with Gasteiger partial charge in [0.05, 0.1) is 30.5 Å². The van der Waals surface area contributed by atoms with E-state index in [0.29, 0.717) is 86.2 Å². The summed E-state index contributed by atoms with van der Waals surface area (Å²) in [6.07, 6.45) is -5.36. The van der Waals surface area contributed by atoms with Crippen LogP contribution in [0.25, 0.3) is 31.8 Å². The number of carboxylic acids is 1. The molecule has 1 fully saturated rings. The molecule has 2 N–H and O–H groups in total. The topological polar surface area (TPSA) is 158 Å². The molecule has 0 amide bonds. The highest BCUT2D eigenvalue weighted by atomic mass is 35.5. The molecule has 13 nitrogen and oxygen atoms in total. The molecule has 1 atom stereocenters. The van der Waals surface area contributed by atoms with Crippen molar-refractivity contribution in [2.75, 3.05) is 39.4 Å². The van der Waals surface area contributed by atoms with Gasteiger partial charge in [0.2, 0.25) is 12.0 Å². The van der Waals surface area contributed by atoms with E-state index in [2.05, 4.69) is 25.3 Å². The maximum Gasteiger partial charge on any atom is 0.392 e. The summed E-state index contributed by atoms with van der Waals surface area (Å²) < 4.78 is 103. The zero-order valence-electron chi connectivity index (χ0n) is 37.4. The minimum Gasteiger partial charge on any atom is -0.487 e. The standard InChI is InChI=1S/C48H47ClF6N6O7S/c1-3-65-45(64)37(24-32-22-29(23-38(62)63)4-11-36(32)67-26-34-12-16-57-46(60-34)66-21-15-48(53,54)55)68-43-40-39(42(69-44(40)59-27-58-43)30-5-8-33(50)9-6-30)35-10-7-31(41(49)28(35)2)25-56-17-20-61-18-13-47(51,52)14-19-61/h4-12,16,22,27,37,56H,3,13-15,17-21,23-26H2,1-2H3,(H,62,63). The number of alkyl halides is 5. The first kappa shape index (κ1) is 50.8. The second kappa shape index (κ2) is 22.6. The highest BCUT2D eigenvalue weighted by Crippen LogP contribution is 2.49. The predicted molar refractivity (Wildman–Crippen MR) is 245 cm³/mol. The van der Waals surface area contributed by atoms with Gasteiger partial charge in [-0.1, -0.05) is 48.0 Å². The minimum atomic E-state index is -4.43. The lowest BCUT2D eigenvalue weighted by Gasteiger charge is -2.31. The van der Waals surface area contributed by atoms with E-state index in [1.807, 2.05) is 24.0 Å². The van der Waals surface area contributed by atoms with Crippen LogP contribution in [0.3, 0.4) is 0 Å². The van der Waals surface area contributed by atoms with Crippen LogP contribution < -0.4 is 19.5 Å². The molecule has 3 aromatic heterocycles. The Morgan fingerprint density at radius 1 is 1.00 bits per heavy atom. The molecule has 69 heavy (non-hydrogen) atoms. The number of hydrogen-bond acceptors (Lipinski definition) is 13. The molecule has 1 saturated heterocycles. The van der Waals surface area contributed by atoms with E-state index in [1.54, 1.807) is 25.1 Å². The third-order valence-corrected chi connectivity index (χ3v) is 12.8. The van der Waals surface area contributed by atoms with Crippen molar-refractivity contribution in [3.8, 4) is 39.2 Å². The fraction of sp³-hybridized carbons (Fsp3) is 0.375. The summed E-state index contributed by atoms with van der Waals surface area (Å²) in [5.41, 5.74) is 4.37. The zero-order chi connectivity index (χ0) is 49.3. The highest BCUT2D eigenvalue weighted by molar-refractivity contribution is 7.22. The van der Waals surface area contributed by atoms with Crippen LogP contribution in [0.5, 0.6) is 17.6 Å². The molecule has 21 heteroatoms. The number of benzene rings is 3. The van der Waals surface area contributed by atoms with Crippen molar-refractivity contribution in [1.82, 2.24) is 30.2 Å². The summed E-state index contributed by atoms with van der Waals surface area (Å²) in [6.45, 7) is 4.76. The first-order chi connectivity index (χ1) is 33.0. The third-order valence-electron chi connectivity index (χ3n) is 11.2. The summed E-state index contributed by atoms with van der Waals surface area (Å²) in [6, 6.07) is 15.5. The van der Waals surface area contributed by atoms with Crippen molar-refractivity contribution in [3.05, 3.63) is 112 Å². The van der Waals surface area contributed by atoms with Crippen LogP contribution in [0.1, 0.15) is 54.1 Å². The SMILES string of the molecule is CCOC(=O)C(Cc1cc(CC(=O)O)ccc1OCc1ccnc(OCCC(F)(F)F)n1)Oc1ncnc2sc(-c3ccc(F)cc3)c(-c3ccc(CNCCN4CCC(F)(F)CC4)c(Cl)c3C)c12. The molecule has 7 rings (SSSR count). The Balaban J connectivity index is 1.20. The van der Waals surface area contributed by atoms with E-state index in [-0.39, 0.29) is 62.2 Å². The van der Waals surface area contributed by atoms with Gasteiger partial charge in [0.1, 0.15) is 35.9 Å². The molecule has 0 bridgehead atoms. The fourth-order valence-corrected chi connectivity index (χ4v) is 9.05. The van der Waals surface area contributed by atoms with Crippen LogP contribution in [0.2, 0.25) is 5.02 Å². The van der Waals surface area contributed by atoms with Crippen LogP contribution in [-0.2, 0) is 40.3 Å². The van der Waals surface area contributed by atoms with E-state index in [4.69, 9.17) is 30.5 Å². The Morgan fingerprint density at radius 2 is 1.77 bits per heavy atom.